The summed E-state index contributed by atoms with van der Waals surface area (Å²) >= 11 is 1.47. The average Bonchev–Trinajstić information content (AvgIpc) is 2.94. The topological polar surface area (TPSA) is 41.1 Å². The molecule has 106 valence electrons. The second-order valence-electron chi connectivity index (χ2n) is 4.70. The molecule has 0 spiro atoms. The molecule has 7 heteroatoms. The number of rotatable bonds is 3. The standard InChI is InChI=1S/C12H15F3N2OS/c1-8-2-3-9(19-8)6-17-10(18)11(12(13,14)15)4-5-16-7-11/h2-3,16H,4-7H2,1H3,(H,17,18). The number of carbonyl (C=O) groups is 1. The van der Waals surface area contributed by atoms with Gasteiger partial charge < -0.3 is 10.6 Å². The smallest absolute Gasteiger partial charge is 0.350 e. The average molecular weight is 292 g/mol. The Bertz CT molecular complexity index is 464. The highest BCUT2D eigenvalue weighted by Gasteiger charge is 2.61. The second-order valence-corrected chi connectivity index (χ2v) is 6.07. The number of hydrogen-bond acceptors (Lipinski definition) is 3. The fourth-order valence-corrected chi connectivity index (χ4v) is 3.00. The Labute approximate surface area is 113 Å². The summed E-state index contributed by atoms with van der Waals surface area (Å²) in [6, 6.07) is 3.69. The maximum Gasteiger partial charge on any atom is 0.404 e. The fraction of sp³-hybridized carbons (Fsp3) is 0.583. The predicted octanol–water partition coefficient (Wildman–Crippen LogP) is 2.21. The Morgan fingerprint density at radius 3 is 2.74 bits per heavy atom. The van der Waals surface area contributed by atoms with Crippen molar-refractivity contribution in [1.29, 1.82) is 0 Å². The zero-order valence-corrected chi connectivity index (χ0v) is 11.3. The first kappa shape index (κ1) is 14.3. The summed E-state index contributed by atoms with van der Waals surface area (Å²) in [5.41, 5.74) is -2.28. The molecule has 0 bridgehead atoms. The maximum absolute atomic E-state index is 13.1. The molecule has 2 heterocycles. The van der Waals surface area contributed by atoms with Gasteiger partial charge in [-0.3, -0.25) is 4.79 Å². The Balaban J connectivity index is 2.05. The first-order valence-corrected chi connectivity index (χ1v) is 6.78. The van der Waals surface area contributed by atoms with Gasteiger partial charge in [0.05, 0.1) is 6.54 Å². The fourth-order valence-electron chi connectivity index (χ4n) is 2.17. The van der Waals surface area contributed by atoms with Gasteiger partial charge in [0.25, 0.3) is 0 Å². The number of halogens is 3. The van der Waals surface area contributed by atoms with Crippen LogP contribution in [0.2, 0.25) is 0 Å². The van der Waals surface area contributed by atoms with E-state index in [0.29, 0.717) is 0 Å². The monoisotopic (exact) mass is 292 g/mol. The van der Waals surface area contributed by atoms with Crippen molar-refractivity contribution in [3.63, 3.8) is 0 Å². The molecule has 2 rings (SSSR count). The zero-order chi connectivity index (χ0) is 14.1. The minimum atomic E-state index is -4.52. The van der Waals surface area contributed by atoms with Crippen molar-refractivity contribution in [3.05, 3.63) is 21.9 Å². The van der Waals surface area contributed by atoms with Crippen molar-refractivity contribution < 1.29 is 18.0 Å². The van der Waals surface area contributed by atoms with Gasteiger partial charge in [-0.05, 0) is 32.0 Å². The van der Waals surface area contributed by atoms with Crippen LogP contribution in [0.25, 0.3) is 0 Å². The van der Waals surface area contributed by atoms with E-state index in [4.69, 9.17) is 0 Å². The molecule has 1 aliphatic heterocycles. The van der Waals surface area contributed by atoms with Crippen LogP contribution in [0, 0.1) is 12.3 Å². The van der Waals surface area contributed by atoms with E-state index < -0.39 is 17.5 Å². The van der Waals surface area contributed by atoms with Gasteiger partial charge in [0.2, 0.25) is 5.91 Å². The number of alkyl halides is 3. The zero-order valence-electron chi connectivity index (χ0n) is 10.4. The third-order valence-electron chi connectivity index (χ3n) is 3.35. The quantitative estimate of drug-likeness (QED) is 0.897. The van der Waals surface area contributed by atoms with E-state index in [2.05, 4.69) is 10.6 Å². The van der Waals surface area contributed by atoms with E-state index in [1.165, 1.54) is 11.3 Å². The SMILES string of the molecule is Cc1ccc(CNC(=O)C2(C(F)(F)F)CCNC2)s1. The van der Waals surface area contributed by atoms with Gasteiger partial charge in [-0.2, -0.15) is 13.2 Å². The van der Waals surface area contributed by atoms with Gasteiger partial charge in [-0.15, -0.1) is 11.3 Å². The second kappa shape index (κ2) is 5.13. The molecule has 1 fully saturated rings. The Hall–Kier alpha value is -1.08. The van der Waals surface area contributed by atoms with Crippen LogP contribution in [0.3, 0.4) is 0 Å². The van der Waals surface area contributed by atoms with E-state index in [1.54, 1.807) is 0 Å². The van der Waals surface area contributed by atoms with E-state index >= 15 is 0 Å². The normalized spacial score (nSPS) is 23.6. The highest BCUT2D eigenvalue weighted by atomic mass is 32.1. The summed E-state index contributed by atoms with van der Waals surface area (Å²) in [7, 11) is 0. The lowest BCUT2D eigenvalue weighted by molar-refractivity contribution is -0.216. The van der Waals surface area contributed by atoms with Gasteiger partial charge in [0, 0.05) is 16.3 Å². The Morgan fingerprint density at radius 2 is 2.26 bits per heavy atom. The van der Waals surface area contributed by atoms with E-state index in [1.807, 2.05) is 19.1 Å². The molecule has 3 nitrogen and oxygen atoms in total. The summed E-state index contributed by atoms with van der Waals surface area (Å²) in [6.07, 6.45) is -4.72. The molecule has 1 atom stereocenters. The van der Waals surface area contributed by atoms with Crippen molar-refractivity contribution in [2.24, 2.45) is 5.41 Å². The van der Waals surface area contributed by atoms with Gasteiger partial charge >= 0.3 is 6.18 Å². The lowest BCUT2D eigenvalue weighted by atomic mass is 9.85. The third-order valence-corrected chi connectivity index (χ3v) is 4.35. The molecule has 1 amide bonds. The number of amides is 1. The van der Waals surface area contributed by atoms with Gasteiger partial charge in [-0.1, -0.05) is 0 Å². The van der Waals surface area contributed by atoms with E-state index in [-0.39, 0.29) is 26.1 Å². The minimum absolute atomic E-state index is 0.148. The molecule has 0 radical (unpaired) electrons. The van der Waals surface area contributed by atoms with Crippen LogP contribution < -0.4 is 10.6 Å². The van der Waals surface area contributed by atoms with Gasteiger partial charge in [0.1, 0.15) is 0 Å². The predicted molar refractivity (Wildman–Crippen MR) is 66.9 cm³/mol. The number of thiophene rings is 1. The highest BCUT2D eigenvalue weighted by Crippen LogP contribution is 2.43. The number of carbonyl (C=O) groups excluding carboxylic acids is 1. The molecule has 0 saturated carbocycles. The van der Waals surface area contributed by atoms with Crippen LogP contribution in [0.5, 0.6) is 0 Å². The van der Waals surface area contributed by atoms with Crippen molar-refractivity contribution in [3.8, 4) is 0 Å². The molecule has 1 saturated heterocycles. The van der Waals surface area contributed by atoms with E-state index in [9.17, 15) is 18.0 Å². The minimum Gasteiger partial charge on any atom is -0.350 e. The molecular weight excluding hydrogens is 277 g/mol. The van der Waals surface area contributed by atoms with Crippen LogP contribution in [-0.2, 0) is 11.3 Å². The largest absolute Gasteiger partial charge is 0.404 e. The van der Waals surface area contributed by atoms with Gasteiger partial charge in [0.15, 0.2) is 5.41 Å². The molecule has 2 N–H and O–H groups in total. The third kappa shape index (κ3) is 2.76. The van der Waals surface area contributed by atoms with Crippen molar-refractivity contribution in [2.45, 2.75) is 26.1 Å². The van der Waals surface area contributed by atoms with Crippen molar-refractivity contribution >= 4 is 17.2 Å². The molecule has 1 aromatic rings. The lowest BCUT2D eigenvalue weighted by Crippen LogP contribution is -2.51. The molecule has 0 aromatic carbocycles. The van der Waals surface area contributed by atoms with Crippen molar-refractivity contribution in [1.82, 2.24) is 10.6 Å². The molecule has 0 aliphatic carbocycles. The Morgan fingerprint density at radius 1 is 1.53 bits per heavy atom. The van der Waals surface area contributed by atoms with Gasteiger partial charge in [-0.25, -0.2) is 0 Å². The summed E-state index contributed by atoms with van der Waals surface area (Å²) < 4.78 is 39.3. The summed E-state index contributed by atoms with van der Waals surface area (Å²) in [6.45, 7) is 1.93. The molecule has 19 heavy (non-hydrogen) atoms. The van der Waals surface area contributed by atoms with Crippen LogP contribution in [0.4, 0.5) is 13.2 Å². The van der Waals surface area contributed by atoms with Crippen LogP contribution in [-0.4, -0.2) is 25.2 Å². The Kier molecular flexibility index (Phi) is 3.87. The first-order chi connectivity index (χ1) is 8.85. The summed E-state index contributed by atoms with van der Waals surface area (Å²) in [5.74, 6) is -0.934. The van der Waals surface area contributed by atoms with Crippen LogP contribution in [0.15, 0.2) is 12.1 Å². The molecule has 1 aliphatic rings. The van der Waals surface area contributed by atoms with Crippen molar-refractivity contribution in [2.75, 3.05) is 13.1 Å². The number of aryl methyl sites for hydroxylation is 1. The molecule has 1 unspecified atom stereocenters. The lowest BCUT2D eigenvalue weighted by Gasteiger charge is -2.29. The number of hydrogen-bond donors (Lipinski definition) is 2. The first-order valence-electron chi connectivity index (χ1n) is 5.96. The van der Waals surface area contributed by atoms with Crippen LogP contribution in [0.1, 0.15) is 16.2 Å². The maximum atomic E-state index is 13.1. The summed E-state index contributed by atoms with van der Waals surface area (Å²) in [5, 5.41) is 5.04. The highest BCUT2D eigenvalue weighted by molar-refractivity contribution is 7.11. The molecular formula is C12H15F3N2OS. The molecule has 1 aromatic heterocycles. The number of nitrogens with one attached hydrogen (secondary N) is 2. The summed E-state index contributed by atoms with van der Waals surface area (Å²) in [4.78, 5) is 13.9. The van der Waals surface area contributed by atoms with E-state index in [0.717, 1.165) is 9.75 Å². The van der Waals surface area contributed by atoms with Crippen LogP contribution >= 0.6 is 11.3 Å².